The van der Waals surface area contributed by atoms with E-state index < -0.39 is 0 Å². The standard InChI is InChI=1S/C25H36N2/c1-6-25(27-7-2)16-14-20(3)22(5)18-24-19-23(15-13-21(24)4)12-10-8-9-11-17-26/h6-7,13-16,18-19,27H,1-2,8-12,17,26H2,3-5H3/b20-14+,22-18+,25-16+. The Hall–Kier alpha value is -2.32. The molecule has 3 N–H and O–H groups in total. The number of aryl methyl sites for hydroxylation is 2. The van der Waals surface area contributed by atoms with E-state index in [0.29, 0.717) is 0 Å². The molecule has 0 aliphatic heterocycles. The van der Waals surface area contributed by atoms with Gasteiger partial charge in [0, 0.05) is 5.70 Å². The molecule has 0 atom stereocenters. The van der Waals surface area contributed by atoms with Crippen LogP contribution in [0.25, 0.3) is 6.08 Å². The minimum atomic E-state index is 0.804. The van der Waals surface area contributed by atoms with E-state index in [4.69, 9.17) is 5.73 Å². The van der Waals surface area contributed by atoms with Gasteiger partial charge in [-0.05, 0) is 92.8 Å². The molecule has 1 rings (SSSR count). The van der Waals surface area contributed by atoms with Crippen molar-refractivity contribution < 1.29 is 0 Å². The fraction of sp³-hybridized carbons (Fsp3) is 0.360. The monoisotopic (exact) mass is 364 g/mol. The maximum Gasteiger partial charge on any atom is 0.0373 e. The molecule has 0 aliphatic rings. The van der Waals surface area contributed by atoms with Crippen LogP contribution in [0.4, 0.5) is 0 Å². The number of nitrogens with one attached hydrogen (secondary N) is 1. The average molecular weight is 365 g/mol. The van der Waals surface area contributed by atoms with Crippen LogP contribution in [-0.2, 0) is 6.42 Å². The topological polar surface area (TPSA) is 38.0 Å². The number of rotatable bonds is 12. The average Bonchev–Trinajstić information content (AvgIpc) is 2.67. The van der Waals surface area contributed by atoms with Crippen LogP contribution in [0.15, 0.2) is 72.6 Å². The Morgan fingerprint density at radius 2 is 1.78 bits per heavy atom. The maximum absolute atomic E-state index is 5.56. The Bertz CT molecular complexity index is 705. The second kappa shape index (κ2) is 12.9. The van der Waals surface area contributed by atoms with Gasteiger partial charge in [-0.15, -0.1) is 0 Å². The van der Waals surface area contributed by atoms with Gasteiger partial charge in [0.2, 0.25) is 0 Å². The van der Waals surface area contributed by atoms with E-state index in [0.717, 1.165) is 25.1 Å². The first-order chi connectivity index (χ1) is 13.0. The van der Waals surface area contributed by atoms with Crippen molar-refractivity contribution >= 4 is 6.08 Å². The number of hydrogen-bond acceptors (Lipinski definition) is 2. The molecule has 2 heteroatoms. The van der Waals surface area contributed by atoms with E-state index in [1.165, 1.54) is 47.1 Å². The molecule has 0 amide bonds. The molecule has 2 nitrogen and oxygen atoms in total. The van der Waals surface area contributed by atoms with Crippen molar-refractivity contribution in [1.29, 1.82) is 0 Å². The van der Waals surface area contributed by atoms with E-state index in [1.54, 1.807) is 12.3 Å². The van der Waals surface area contributed by atoms with Crippen LogP contribution in [0, 0.1) is 6.92 Å². The summed E-state index contributed by atoms with van der Waals surface area (Å²) in [5.74, 6) is 0. The summed E-state index contributed by atoms with van der Waals surface area (Å²) in [6.07, 6.45) is 15.8. The molecule has 1 aromatic carbocycles. The molecule has 0 bridgehead atoms. The summed E-state index contributed by atoms with van der Waals surface area (Å²) in [7, 11) is 0. The Balaban J connectivity index is 2.86. The van der Waals surface area contributed by atoms with Gasteiger partial charge in [-0.2, -0.15) is 0 Å². The zero-order valence-corrected chi connectivity index (χ0v) is 17.4. The van der Waals surface area contributed by atoms with Gasteiger partial charge < -0.3 is 11.1 Å². The summed E-state index contributed by atoms with van der Waals surface area (Å²) in [4.78, 5) is 0. The fourth-order valence-corrected chi connectivity index (χ4v) is 2.81. The Morgan fingerprint density at radius 1 is 1.04 bits per heavy atom. The molecule has 146 valence electrons. The molecule has 0 aliphatic carbocycles. The van der Waals surface area contributed by atoms with Crippen LogP contribution < -0.4 is 11.1 Å². The van der Waals surface area contributed by atoms with Gasteiger partial charge in [0.1, 0.15) is 0 Å². The lowest BCUT2D eigenvalue weighted by Crippen LogP contribution is -2.00. The van der Waals surface area contributed by atoms with Gasteiger partial charge in [0.25, 0.3) is 0 Å². The van der Waals surface area contributed by atoms with Gasteiger partial charge in [0.15, 0.2) is 0 Å². The van der Waals surface area contributed by atoms with Crippen molar-refractivity contribution in [3.05, 3.63) is 89.3 Å². The highest BCUT2D eigenvalue weighted by Crippen LogP contribution is 2.20. The molecule has 0 fully saturated rings. The van der Waals surface area contributed by atoms with Gasteiger partial charge in [-0.1, -0.05) is 56.4 Å². The lowest BCUT2D eigenvalue weighted by atomic mass is 9.97. The van der Waals surface area contributed by atoms with Crippen LogP contribution in [0.5, 0.6) is 0 Å². The van der Waals surface area contributed by atoms with Gasteiger partial charge in [-0.3, -0.25) is 0 Å². The molecule has 0 spiro atoms. The number of benzene rings is 1. The molecular formula is C25H36N2. The zero-order chi connectivity index (χ0) is 20.1. The molecule has 27 heavy (non-hydrogen) atoms. The smallest absolute Gasteiger partial charge is 0.0373 e. The SMILES string of the molecule is C=CN/C(C=C)=C/C=C(C)/C(C)=C/c1cc(CCCCCCN)ccc1C. The predicted octanol–water partition coefficient (Wildman–Crippen LogP) is 6.21. The van der Waals surface area contributed by atoms with Gasteiger partial charge in [-0.25, -0.2) is 0 Å². The number of allylic oxidation sites excluding steroid dienone is 5. The Morgan fingerprint density at radius 3 is 2.44 bits per heavy atom. The van der Waals surface area contributed by atoms with E-state index in [1.807, 2.05) is 6.08 Å². The molecule has 0 aromatic heterocycles. The van der Waals surface area contributed by atoms with E-state index in [2.05, 4.69) is 69.6 Å². The highest BCUT2D eigenvalue weighted by atomic mass is 14.8. The summed E-state index contributed by atoms with van der Waals surface area (Å²) in [6.45, 7) is 14.8. The minimum Gasteiger partial charge on any atom is -0.362 e. The number of hydrogen-bond donors (Lipinski definition) is 2. The highest BCUT2D eigenvalue weighted by Gasteiger charge is 2.01. The number of unbranched alkanes of at least 4 members (excludes halogenated alkanes) is 3. The van der Waals surface area contributed by atoms with Crippen molar-refractivity contribution in [2.24, 2.45) is 5.73 Å². The first-order valence-electron chi connectivity index (χ1n) is 9.88. The summed E-state index contributed by atoms with van der Waals surface area (Å²) in [6, 6.07) is 6.82. The molecule has 0 unspecified atom stereocenters. The van der Waals surface area contributed by atoms with Crippen molar-refractivity contribution in [2.75, 3.05) is 6.54 Å². The predicted molar refractivity (Wildman–Crippen MR) is 121 cm³/mol. The Kier molecular flexibility index (Phi) is 10.9. The van der Waals surface area contributed by atoms with E-state index in [-0.39, 0.29) is 0 Å². The van der Waals surface area contributed by atoms with Crippen molar-refractivity contribution in [3.63, 3.8) is 0 Å². The van der Waals surface area contributed by atoms with Crippen molar-refractivity contribution in [1.82, 2.24) is 5.32 Å². The van der Waals surface area contributed by atoms with E-state index >= 15 is 0 Å². The lowest BCUT2D eigenvalue weighted by Gasteiger charge is -2.08. The second-order valence-corrected chi connectivity index (χ2v) is 7.00. The second-order valence-electron chi connectivity index (χ2n) is 7.00. The fourth-order valence-electron chi connectivity index (χ4n) is 2.81. The first-order valence-corrected chi connectivity index (χ1v) is 9.88. The third-order valence-electron chi connectivity index (χ3n) is 4.76. The number of nitrogens with two attached hydrogens (primary N) is 1. The normalized spacial score (nSPS) is 12.8. The highest BCUT2D eigenvalue weighted by molar-refractivity contribution is 5.61. The van der Waals surface area contributed by atoms with Crippen LogP contribution in [0.3, 0.4) is 0 Å². The molecule has 1 aromatic rings. The van der Waals surface area contributed by atoms with Crippen LogP contribution in [0.1, 0.15) is 56.2 Å². The summed E-state index contributed by atoms with van der Waals surface area (Å²) >= 11 is 0. The quantitative estimate of drug-likeness (QED) is 0.342. The van der Waals surface area contributed by atoms with Crippen LogP contribution >= 0.6 is 0 Å². The molecular weight excluding hydrogens is 328 g/mol. The third-order valence-corrected chi connectivity index (χ3v) is 4.76. The first kappa shape index (κ1) is 22.7. The van der Waals surface area contributed by atoms with Gasteiger partial charge >= 0.3 is 0 Å². The Labute approximate surface area is 166 Å². The molecule has 0 saturated carbocycles. The largest absolute Gasteiger partial charge is 0.362 e. The summed E-state index contributed by atoms with van der Waals surface area (Å²) < 4.78 is 0. The van der Waals surface area contributed by atoms with Crippen molar-refractivity contribution in [2.45, 2.75) is 52.9 Å². The minimum absolute atomic E-state index is 0.804. The van der Waals surface area contributed by atoms with E-state index in [9.17, 15) is 0 Å². The molecule has 0 radical (unpaired) electrons. The molecule has 0 heterocycles. The molecule has 0 saturated heterocycles. The zero-order valence-electron chi connectivity index (χ0n) is 17.4. The maximum atomic E-state index is 5.56. The lowest BCUT2D eigenvalue weighted by molar-refractivity contribution is 0.646. The summed E-state index contributed by atoms with van der Waals surface area (Å²) in [5, 5.41) is 3.06. The van der Waals surface area contributed by atoms with Crippen LogP contribution in [0.2, 0.25) is 0 Å². The third kappa shape index (κ3) is 8.74. The summed E-state index contributed by atoms with van der Waals surface area (Å²) in [5.41, 5.74) is 13.0. The van der Waals surface area contributed by atoms with Crippen molar-refractivity contribution in [3.8, 4) is 0 Å². The van der Waals surface area contributed by atoms with Gasteiger partial charge in [0.05, 0.1) is 0 Å². The van der Waals surface area contributed by atoms with Crippen LogP contribution in [-0.4, -0.2) is 6.54 Å².